The van der Waals surface area contributed by atoms with Gasteiger partial charge in [-0.2, -0.15) is 4.73 Å². The number of furan rings is 1. The average Bonchev–Trinajstić information content (AvgIpc) is 2.92. The standard InChI is InChI=1S/C16H14N2O3/c1-11(15-10-13-4-2-3-5-14(13)21-15)17-16(19)12-6-8-18(20)9-7-12/h2-11H,1H3,(H,17,19). The van der Waals surface area contributed by atoms with E-state index in [0.29, 0.717) is 16.1 Å². The van der Waals surface area contributed by atoms with Crippen LogP contribution in [-0.4, -0.2) is 5.91 Å². The molecule has 0 radical (unpaired) electrons. The molecule has 0 aliphatic rings. The first-order valence-electron chi connectivity index (χ1n) is 6.61. The van der Waals surface area contributed by atoms with Crippen LogP contribution in [0.15, 0.2) is 59.3 Å². The summed E-state index contributed by atoms with van der Waals surface area (Å²) in [5.41, 5.74) is 1.23. The predicted molar refractivity (Wildman–Crippen MR) is 77.5 cm³/mol. The van der Waals surface area contributed by atoms with Gasteiger partial charge in [-0.05, 0) is 19.1 Å². The van der Waals surface area contributed by atoms with Crippen molar-refractivity contribution in [3.8, 4) is 0 Å². The van der Waals surface area contributed by atoms with Crippen LogP contribution in [-0.2, 0) is 0 Å². The second kappa shape index (κ2) is 5.28. The first kappa shape index (κ1) is 13.2. The van der Waals surface area contributed by atoms with Gasteiger partial charge in [0.15, 0.2) is 12.4 Å². The minimum atomic E-state index is -0.260. The number of carbonyl (C=O) groups excluding carboxylic acids is 1. The normalized spacial score (nSPS) is 12.2. The lowest BCUT2D eigenvalue weighted by molar-refractivity contribution is -0.605. The Morgan fingerprint density at radius 2 is 1.95 bits per heavy atom. The topological polar surface area (TPSA) is 69.2 Å². The number of pyridine rings is 1. The fraction of sp³-hybridized carbons (Fsp3) is 0.125. The lowest BCUT2D eigenvalue weighted by Crippen LogP contribution is -2.29. The molecule has 1 unspecified atom stereocenters. The molecule has 5 nitrogen and oxygen atoms in total. The van der Waals surface area contributed by atoms with Crippen molar-refractivity contribution in [1.82, 2.24) is 5.32 Å². The van der Waals surface area contributed by atoms with Gasteiger partial charge < -0.3 is 14.9 Å². The molecule has 1 amide bonds. The molecule has 0 saturated carbocycles. The minimum absolute atomic E-state index is 0.247. The van der Waals surface area contributed by atoms with Crippen molar-refractivity contribution in [1.29, 1.82) is 0 Å². The van der Waals surface area contributed by atoms with Gasteiger partial charge in [0.2, 0.25) is 0 Å². The average molecular weight is 282 g/mol. The van der Waals surface area contributed by atoms with Gasteiger partial charge in [-0.1, -0.05) is 18.2 Å². The molecular formula is C16H14N2O3. The maximum absolute atomic E-state index is 12.1. The smallest absolute Gasteiger partial charge is 0.252 e. The molecule has 0 saturated heterocycles. The van der Waals surface area contributed by atoms with Crippen LogP contribution in [0.4, 0.5) is 0 Å². The number of rotatable bonds is 3. The van der Waals surface area contributed by atoms with E-state index < -0.39 is 0 Å². The zero-order valence-corrected chi connectivity index (χ0v) is 11.4. The highest BCUT2D eigenvalue weighted by Crippen LogP contribution is 2.23. The van der Waals surface area contributed by atoms with Crippen LogP contribution in [0, 0.1) is 5.21 Å². The van der Waals surface area contributed by atoms with Crippen molar-refractivity contribution >= 4 is 16.9 Å². The van der Waals surface area contributed by atoms with Gasteiger partial charge in [0.25, 0.3) is 5.91 Å². The van der Waals surface area contributed by atoms with E-state index in [1.54, 1.807) is 0 Å². The van der Waals surface area contributed by atoms with Gasteiger partial charge in [0, 0.05) is 17.5 Å². The predicted octanol–water partition coefficient (Wildman–Crippen LogP) is 2.56. The van der Waals surface area contributed by atoms with E-state index in [2.05, 4.69) is 5.32 Å². The number of benzene rings is 1. The highest BCUT2D eigenvalue weighted by atomic mass is 16.5. The van der Waals surface area contributed by atoms with Crippen LogP contribution >= 0.6 is 0 Å². The van der Waals surface area contributed by atoms with Gasteiger partial charge in [-0.3, -0.25) is 4.79 Å². The number of nitrogens with zero attached hydrogens (tertiary/aromatic N) is 1. The maximum Gasteiger partial charge on any atom is 0.252 e. The van der Waals surface area contributed by atoms with E-state index in [4.69, 9.17) is 4.42 Å². The molecule has 0 fully saturated rings. The van der Waals surface area contributed by atoms with Crippen LogP contribution in [0.25, 0.3) is 11.0 Å². The number of hydrogen-bond acceptors (Lipinski definition) is 3. The summed E-state index contributed by atoms with van der Waals surface area (Å²) in [6.45, 7) is 1.85. The summed E-state index contributed by atoms with van der Waals surface area (Å²) in [5.74, 6) is 0.447. The molecule has 2 heterocycles. The summed E-state index contributed by atoms with van der Waals surface area (Å²) in [7, 11) is 0. The monoisotopic (exact) mass is 282 g/mol. The van der Waals surface area contributed by atoms with Crippen molar-refractivity contribution in [2.75, 3.05) is 0 Å². The minimum Gasteiger partial charge on any atom is -0.619 e. The van der Waals surface area contributed by atoms with Crippen molar-refractivity contribution < 1.29 is 13.9 Å². The highest BCUT2D eigenvalue weighted by molar-refractivity contribution is 5.94. The van der Waals surface area contributed by atoms with Gasteiger partial charge in [0.1, 0.15) is 11.3 Å². The third-order valence-electron chi connectivity index (χ3n) is 3.28. The Labute approximate surface area is 121 Å². The summed E-state index contributed by atoms with van der Waals surface area (Å²) in [6.07, 6.45) is 2.58. The maximum atomic E-state index is 12.1. The first-order valence-corrected chi connectivity index (χ1v) is 6.61. The molecule has 3 rings (SSSR count). The molecule has 2 aromatic heterocycles. The Morgan fingerprint density at radius 1 is 1.24 bits per heavy atom. The van der Waals surface area contributed by atoms with Crippen LogP contribution in [0.5, 0.6) is 0 Å². The number of aromatic nitrogens is 1. The lowest BCUT2D eigenvalue weighted by Gasteiger charge is -2.11. The van der Waals surface area contributed by atoms with E-state index >= 15 is 0 Å². The molecule has 0 spiro atoms. The second-order valence-electron chi connectivity index (χ2n) is 4.83. The summed E-state index contributed by atoms with van der Waals surface area (Å²) >= 11 is 0. The number of hydrogen-bond donors (Lipinski definition) is 1. The number of nitrogens with one attached hydrogen (secondary N) is 1. The van der Waals surface area contributed by atoms with E-state index in [0.717, 1.165) is 11.0 Å². The molecule has 0 aliphatic heterocycles. The van der Waals surface area contributed by atoms with E-state index in [9.17, 15) is 10.0 Å². The van der Waals surface area contributed by atoms with E-state index in [1.807, 2.05) is 37.3 Å². The molecule has 1 atom stereocenters. The second-order valence-corrected chi connectivity index (χ2v) is 4.83. The van der Waals surface area contributed by atoms with Crippen molar-refractivity contribution in [2.45, 2.75) is 13.0 Å². The summed E-state index contributed by atoms with van der Waals surface area (Å²) in [4.78, 5) is 12.1. The number of amides is 1. The molecular weight excluding hydrogens is 268 g/mol. The van der Waals surface area contributed by atoms with Gasteiger partial charge >= 0.3 is 0 Å². The Morgan fingerprint density at radius 3 is 2.67 bits per heavy atom. The SMILES string of the molecule is CC(NC(=O)c1cc[n+]([O-])cc1)c1cc2ccccc2o1. The summed E-state index contributed by atoms with van der Waals surface area (Å²) in [6, 6.07) is 12.3. The Hall–Kier alpha value is -2.82. The first-order chi connectivity index (χ1) is 10.1. The molecule has 0 aliphatic carbocycles. The van der Waals surface area contributed by atoms with Gasteiger partial charge in [-0.15, -0.1) is 0 Å². The summed E-state index contributed by atoms with van der Waals surface area (Å²) < 4.78 is 6.36. The van der Waals surface area contributed by atoms with Crippen LogP contribution in [0.2, 0.25) is 0 Å². The van der Waals surface area contributed by atoms with Crippen molar-refractivity contribution in [3.63, 3.8) is 0 Å². The Balaban J connectivity index is 1.77. The molecule has 0 bridgehead atoms. The van der Waals surface area contributed by atoms with Crippen LogP contribution in [0.1, 0.15) is 29.1 Å². The number of para-hydroxylation sites is 1. The van der Waals surface area contributed by atoms with E-state index in [-0.39, 0.29) is 11.9 Å². The van der Waals surface area contributed by atoms with Gasteiger partial charge in [0.05, 0.1) is 11.6 Å². The zero-order chi connectivity index (χ0) is 14.8. The van der Waals surface area contributed by atoms with Crippen molar-refractivity contribution in [2.24, 2.45) is 0 Å². The van der Waals surface area contributed by atoms with Crippen molar-refractivity contribution in [3.05, 3.63) is 71.4 Å². The van der Waals surface area contributed by atoms with E-state index in [1.165, 1.54) is 24.5 Å². The Kier molecular flexibility index (Phi) is 3.31. The third-order valence-corrected chi connectivity index (χ3v) is 3.28. The molecule has 3 aromatic rings. The molecule has 106 valence electrons. The molecule has 5 heteroatoms. The molecule has 21 heavy (non-hydrogen) atoms. The Bertz CT molecular complexity index is 745. The number of fused-ring (bicyclic) bond motifs is 1. The fourth-order valence-corrected chi connectivity index (χ4v) is 2.13. The summed E-state index contributed by atoms with van der Waals surface area (Å²) in [5, 5.41) is 14.8. The largest absolute Gasteiger partial charge is 0.619 e. The van der Waals surface area contributed by atoms with Crippen LogP contribution in [0.3, 0.4) is 0 Å². The lowest BCUT2D eigenvalue weighted by atomic mass is 10.2. The fourth-order valence-electron chi connectivity index (χ4n) is 2.13. The zero-order valence-electron chi connectivity index (χ0n) is 11.4. The quantitative estimate of drug-likeness (QED) is 0.593. The van der Waals surface area contributed by atoms with Crippen LogP contribution < -0.4 is 10.0 Å². The number of carbonyl (C=O) groups is 1. The molecule has 1 N–H and O–H groups in total. The highest BCUT2D eigenvalue weighted by Gasteiger charge is 2.15. The van der Waals surface area contributed by atoms with Gasteiger partial charge in [-0.25, -0.2) is 0 Å². The third kappa shape index (κ3) is 2.72. The molecule has 1 aromatic carbocycles.